The summed E-state index contributed by atoms with van der Waals surface area (Å²) in [6, 6.07) is 2.86. The van der Waals surface area contributed by atoms with Crippen LogP contribution in [0.15, 0.2) is 0 Å². The predicted octanol–water partition coefficient (Wildman–Crippen LogP) is 1.09. The minimum atomic E-state index is -0.833. The van der Waals surface area contributed by atoms with Gasteiger partial charge in [0, 0.05) is 57.4 Å². The average molecular weight is 334 g/mol. The first kappa shape index (κ1) is 19.0. The number of aromatic nitrogens is 2. The van der Waals surface area contributed by atoms with Crippen molar-refractivity contribution in [2.24, 2.45) is 5.92 Å². The molecule has 4 nitrogen and oxygen atoms in total. The summed E-state index contributed by atoms with van der Waals surface area (Å²) < 4.78 is 0. The van der Waals surface area contributed by atoms with Crippen LogP contribution in [0, 0.1) is 32.4 Å². The van der Waals surface area contributed by atoms with Crippen molar-refractivity contribution < 1.29 is 61.5 Å². The molecule has 1 aromatic rings. The number of hydrogen-bond donors (Lipinski definition) is 2. The first-order valence-electron chi connectivity index (χ1n) is 4.44. The molecule has 86 valence electrons. The van der Waals surface area contributed by atoms with Crippen molar-refractivity contribution in [1.29, 1.82) is 0 Å². The minimum absolute atomic E-state index is 0. The Morgan fingerprint density at radius 3 is 2.31 bits per heavy atom. The van der Waals surface area contributed by atoms with Crippen molar-refractivity contribution in [3.8, 4) is 0 Å². The van der Waals surface area contributed by atoms with Gasteiger partial charge in [-0.3, -0.25) is 9.97 Å². The van der Waals surface area contributed by atoms with Crippen molar-refractivity contribution >= 4 is 0 Å². The molecule has 0 aromatic carbocycles. The summed E-state index contributed by atoms with van der Waals surface area (Å²) in [6.07, 6.45) is -0.833. The molecule has 1 rings (SSSR count). The second-order valence-corrected chi connectivity index (χ2v) is 3.32. The largest absolute Gasteiger partial charge is 0.566 e. The van der Waals surface area contributed by atoms with Crippen molar-refractivity contribution in [3.63, 3.8) is 0 Å². The fourth-order valence-corrected chi connectivity index (χ4v) is 1.15. The molecule has 16 heavy (non-hydrogen) atoms. The number of aryl methyl sites for hydroxylation is 2. The molecular formula is C10H14N2O2VY-2. The third-order valence-electron chi connectivity index (χ3n) is 1.93. The summed E-state index contributed by atoms with van der Waals surface area (Å²) in [5, 5.41) is 18.5. The van der Waals surface area contributed by atoms with Gasteiger partial charge in [-0.1, -0.05) is 13.8 Å². The maximum atomic E-state index is 9.73. The van der Waals surface area contributed by atoms with Crippen LogP contribution in [0.25, 0.3) is 0 Å². The third-order valence-corrected chi connectivity index (χ3v) is 1.93. The van der Waals surface area contributed by atoms with Gasteiger partial charge in [0.15, 0.2) is 0 Å². The molecule has 1 heterocycles. The number of nitrogens with zero attached hydrogens (tertiary/aromatic N) is 2. The normalized spacial score (nSPS) is 13.3. The van der Waals surface area contributed by atoms with Gasteiger partial charge in [0.25, 0.3) is 0 Å². The molecule has 0 fully saturated rings. The fourth-order valence-electron chi connectivity index (χ4n) is 1.15. The van der Waals surface area contributed by atoms with Crippen LogP contribution in [-0.4, -0.2) is 20.2 Å². The SMILES string of the molecule is Cc1[c-]c(C(O)C(C)[CH-]O)nc(C)n1.[V].[Y]. The van der Waals surface area contributed by atoms with Crippen molar-refractivity contribution in [2.75, 3.05) is 0 Å². The van der Waals surface area contributed by atoms with E-state index in [-0.39, 0.29) is 57.2 Å². The van der Waals surface area contributed by atoms with Crippen LogP contribution in [-0.2, 0) is 51.3 Å². The van der Waals surface area contributed by atoms with Crippen LogP contribution in [0.1, 0.15) is 30.2 Å². The maximum absolute atomic E-state index is 9.73. The summed E-state index contributed by atoms with van der Waals surface area (Å²) in [5.74, 6) is 0.236. The van der Waals surface area contributed by atoms with Crippen molar-refractivity contribution in [2.45, 2.75) is 26.9 Å². The number of rotatable bonds is 3. The average Bonchev–Trinajstić information content (AvgIpc) is 2.14. The summed E-state index contributed by atoms with van der Waals surface area (Å²) in [5.41, 5.74) is 1.12. The first-order chi connectivity index (χ1) is 6.54. The van der Waals surface area contributed by atoms with E-state index in [0.717, 1.165) is 6.61 Å². The zero-order chi connectivity index (χ0) is 10.7. The number of hydrogen-bond acceptors (Lipinski definition) is 4. The Kier molecular flexibility index (Phi) is 10.4. The molecule has 1 aromatic heterocycles. The topological polar surface area (TPSA) is 66.2 Å². The van der Waals surface area contributed by atoms with E-state index in [2.05, 4.69) is 16.0 Å². The standard InChI is InChI=1S/C10H14N2O2.V.Y/c1-6(5-13)10(14)9-4-7(2)11-8(3)12-9;;/h5-6,10,13-14H,1-3H3;;/q-2;;. The monoisotopic (exact) mass is 334 g/mol. The molecule has 2 radical (unpaired) electrons. The van der Waals surface area contributed by atoms with Crippen molar-refractivity contribution in [1.82, 2.24) is 9.97 Å². The zero-order valence-corrected chi connectivity index (χ0v) is 13.8. The molecular weight excluding hydrogens is 320 g/mol. The quantitative estimate of drug-likeness (QED) is 0.813. The Bertz CT molecular complexity index is 305. The molecule has 2 unspecified atom stereocenters. The summed E-state index contributed by atoms with van der Waals surface area (Å²) in [7, 11) is 0. The summed E-state index contributed by atoms with van der Waals surface area (Å²) in [6.45, 7) is 6.19. The fraction of sp³-hybridized carbons (Fsp3) is 0.500. The van der Waals surface area contributed by atoms with Gasteiger partial charge in [0.05, 0.1) is 0 Å². The Morgan fingerprint density at radius 1 is 1.31 bits per heavy atom. The second-order valence-electron chi connectivity index (χ2n) is 3.32. The van der Waals surface area contributed by atoms with E-state index in [1.54, 1.807) is 20.8 Å². The van der Waals surface area contributed by atoms with Gasteiger partial charge in [-0.05, 0) is 6.92 Å². The van der Waals surface area contributed by atoms with Gasteiger partial charge in [-0.2, -0.15) is 0 Å². The van der Waals surface area contributed by atoms with Crippen LogP contribution in [0.3, 0.4) is 0 Å². The number of aliphatic hydroxyl groups excluding tert-OH is 2. The van der Waals surface area contributed by atoms with E-state index in [1.165, 1.54) is 0 Å². The molecule has 0 spiro atoms. The van der Waals surface area contributed by atoms with Crippen LogP contribution in [0.5, 0.6) is 0 Å². The maximum Gasteiger partial charge on any atom is 0.119 e. The molecule has 0 aliphatic heterocycles. The number of aliphatic hydroxyl groups is 2. The van der Waals surface area contributed by atoms with E-state index in [4.69, 9.17) is 5.11 Å². The van der Waals surface area contributed by atoms with Crippen LogP contribution < -0.4 is 0 Å². The molecule has 0 amide bonds. The van der Waals surface area contributed by atoms with E-state index >= 15 is 0 Å². The Balaban J connectivity index is 0. The van der Waals surface area contributed by atoms with E-state index in [0.29, 0.717) is 17.2 Å². The zero-order valence-electron chi connectivity index (χ0n) is 9.55. The molecule has 2 N–H and O–H groups in total. The summed E-state index contributed by atoms with van der Waals surface area (Å²) >= 11 is 0. The molecule has 0 aliphatic rings. The molecule has 0 saturated heterocycles. The van der Waals surface area contributed by atoms with Gasteiger partial charge in [-0.15, -0.1) is 17.3 Å². The van der Waals surface area contributed by atoms with E-state index in [1.807, 2.05) is 0 Å². The van der Waals surface area contributed by atoms with E-state index < -0.39 is 6.10 Å². The smallest absolute Gasteiger partial charge is 0.119 e. The Hall–Kier alpha value is 0.688. The van der Waals surface area contributed by atoms with E-state index in [9.17, 15) is 5.11 Å². The van der Waals surface area contributed by atoms with Gasteiger partial charge in [-0.25, -0.2) is 6.61 Å². The van der Waals surface area contributed by atoms with Gasteiger partial charge < -0.3 is 16.3 Å². The first-order valence-corrected chi connectivity index (χ1v) is 4.44. The van der Waals surface area contributed by atoms with Gasteiger partial charge in [0.2, 0.25) is 0 Å². The molecule has 0 aliphatic carbocycles. The van der Waals surface area contributed by atoms with Gasteiger partial charge in [0.1, 0.15) is 5.82 Å². The Morgan fingerprint density at radius 2 is 1.88 bits per heavy atom. The predicted molar refractivity (Wildman–Crippen MR) is 50.7 cm³/mol. The van der Waals surface area contributed by atoms with Gasteiger partial charge >= 0.3 is 0 Å². The minimum Gasteiger partial charge on any atom is -0.566 e. The van der Waals surface area contributed by atoms with Crippen LogP contribution in [0.2, 0.25) is 0 Å². The third kappa shape index (κ3) is 5.35. The summed E-state index contributed by atoms with van der Waals surface area (Å²) in [4.78, 5) is 8.11. The van der Waals surface area contributed by atoms with Crippen molar-refractivity contribution in [3.05, 3.63) is 29.9 Å². The molecule has 0 saturated carbocycles. The molecule has 2 atom stereocenters. The van der Waals surface area contributed by atoms with Crippen LogP contribution in [0.4, 0.5) is 0 Å². The second kappa shape index (κ2) is 8.73. The Labute approximate surface area is 133 Å². The molecule has 6 heteroatoms. The van der Waals surface area contributed by atoms with Crippen LogP contribution >= 0.6 is 0 Å². The molecule has 0 bridgehead atoms.